The van der Waals surface area contributed by atoms with Crippen LogP contribution in [-0.2, 0) is 0 Å². The van der Waals surface area contributed by atoms with Gasteiger partial charge in [0.2, 0.25) is 0 Å². The van der Waals surface area contributed by atoms with Gasteiger partial charge < -0.3 is 5.73 Å². The van der Waals surface area contributed by atoms with E-state index in [1.807, 2.05) is 0 Å². The molecule has 0 heterocycles. The van der Waals surface area contributed by atoms with E-state index in [9.17, 15) is 0 Å². The molecule has 0 aromatic heterocycles. The van der Waals surface area contributed by atoms with E-state index in [2.05, 4.69) is 6.07 Å². The summed E-state index contributed by atoms with van der Waals surface area (Å²) in [7, 11) is 0. The van der Waals surface area contributed by atoms with Gasteiger partial charge in [-0.2, -0.15) is 5.26 Å². The SMILES string of the molecule is N#CC1(N)CC2(CCC2)C1. The minimum Gasteiger partial charge on any atom is -0.313 e. The van der Waals surface area contributed by atoms with E-state index in [0.29, 0.717) is 5.41 Å². The molecule has 0 atom stereocenters. The van der Waals surface area contributed by atoms with Crippen molar-refractivity contribution in [1.82, 2.24) is 0 Å². The van der Waals surface area contributed by atoms with Crippen molar-refractivity contribution < 1.29 is 0 Å². The fourth-order valence-electron chi connectivity index (χ4n) is 2.40. The first-order valence-electron chi connectivity index (χ1n) is 3.88. The molecule has 2 heteroatoms. The molecule has 0 radical (unpaired) electrons. The molecule has 2 aliphatic carbocycles. The Bertz CT molecular complexity index is 190. The molecule has 0 unspecified atom stereocenters. The predicted molar refractivity (Wildman–Crippen MR) is 38.0 cm³/mol. The number of nitrogens with two attached hydrogens (primary N) is 1. The maximum Gasteiger partial charge on any atom is 0.105 e. The molecule has 2 saturated carbocycles. The largest absolute Gasteiger partial charge is 0.313 e. The van der Waals surface area contributed by atoms with E-state index in [1.54, 1.807) is 0 Å². The van der Waals surface area contributed by atoms with E-state index in [-0.39, 0.29) is 0 Å². The van der Waals surface area contributed by atoms with E-state index in [1.165, 1.54) is 19.3 Å². The topological polar surface area (TPSA) is 49.8 Å². The lowest BCUT2D eigenvalue weighted by molar-refractivity contribution is -0.0176. The van der Waals surface area contributed by atoms with Gasteiger partial charge >= 0.3 is 0 Å². The average Bonchev–Trinajstić information content (AvgIpc) is 1.77. The highest BCUT2D eigenvalue weighted by Gasteiger charge is 2.55. The van der Waals surface area contributed by atoms with Crippen LogP contribution in [0.3, 0.4) is 0 Å². The van der Waals surface area contributed by atoms with Crippen LogP contribution < -0.4 is 5.73 Å². The summed E-state index contributed by atoms with van der Waals surface area (Å²) in [5, 5.41) is 8.62. The van der Waals surface area contributed by atoms with E-state index >= 15 is 0 Å². The van der Waals surface area contributed by atoms with Crippen molar-refractivity contribution >= 4 is 0 Å². The molecule has 54 valence electrons. The van der Waals surface area contributed by atoms with Gasteiger partial charge in [0.1, 0.15) is 5.54 Å². The monoisotopic (exact) mass is 136 g/mol. The number of nitrogens with zero attached hydrogens (tertiary/aromatic N) is 1. The summed E-state index contributed by atoms with van der Waals surface area (Å²) >= 11 is 0. The fraction of sp³-hybridized carbons (Fsp3) is 0.875. The molecule has 2 N–H and O–H groups in total. The highest BCUT2D eigenvalue weighted by atomic mass is 14.8. The Labute approximate surface area is 61.0 Å². The van der Waals surface area contributed by atoms with Crippen LogP contribution in [0.2, 0.25) is 0 Å². The van der Waals surface area contributed by atoms with Gasteiger partial charge in [-0.1, -0.05) is 6.42 Å². The molecule has 0 aromatic carbocycles. The summed E-state index contributed by atoms with van der Waals surface area (Å²) in [4.78, 5) is 0. The zero-order valence-electron chi connectivity index (χ0n) is 6.06. The lowest BCUT2D eigenvalue weighted by atomic mass is 9.49. The van der Waals surface area contributed by atoms with Gasteiger partial charge in [0.05, 0.1) is 6.07 Å². The quantitative estimate of drug-likeness (QED) is 0.543. The molecule has 2 fully saturated rings. The lowest BCUT2D eigenvalue weighted by Crippen LogP contribution is -2.59. The molecular weight excluding hydrogens is 124 g/mol. The Morgan fingerprint density at radius 3 is 2.20 bits per heavy atom. The van der Waals surface area contributed by atoms with Crippen molar-refractivity contribution in [3.63, 3.8) is 0 Å². The second-order valence-electron chi connectivity index (χ2n) is 3.98. The number of hydrogen-bond acceptors (Lipinski definition) is 2. The van der Waals surface area contributed by atoms with Crippen LogP contribution in [0.25, 0.3) is 0 Å². The van der Waals surface area contributed by atoms with Crippen LogP contribution >= 0.6 is 0 Å². The van der Waals surface area contributed by atoms with Crippen molar-refractivity contribution in [1.29, 1.82) is 5.26 Å². The molecule has 2 aliphatic rings. The molecule has 0 saturated heterocycles. The zero-order chi connectivity index (χ0) is 7.24. The standard InChI is InChI=1S/C8H12N2/c9-6-8(10)4-7(5-8)2-1-3-7/h1-5,10H2. The smallest absolute Gasteiger partial charge is 0.105 e. The van der Waals surface area contributed by atoms with Gasteiger partial charge in [-0.15, -0.1) is 0 Å². The van der Waals surface area contributed by atoms with Gasteiger partial charge in [-0.05, 0) is 31.1 Å². The highest BCUT2D eigenvalue weighted by molar-refractivity contribution is 5.20. The molecular formula is C8H12N2. The first-order chi connectivity index (χ1) is 4.68. The molecule has 2 rings (SSSR count). The highest BCUT2D eigenvalue weighted by Crippen LogP contribution is 2.59. The van der Waals surface area contributed by atoms with Crippen LogP contribution in [0, 0.1) is 16.7 Å². The minimum atomic E-state index is -0.444. The van der Waals surface area contributed by atoms with Crippen LogP contribution in [0.4, 0.5) is 0 Å². The van der Waals surface area contributed by atoms with Crippen LogP contribution in [0.5, 0.6) is 0 Å². The summed E-state index contributed by atoms with van der Waals surface area (Å²) in [6, 6.07) is 2.18. The second kappa shape index (κ2) is 1.54. The normalized spacial score (nSPS) is 32.0. The average molecular weight is 136 g/mol. The predicted octanol–water partition coefficient (Wildman–Crippen LogP) is 1.17. The summed E-state index contributed by atoms with van der Waals surface area (Å²) in [5.41, 5.74) is 5.81. The van der Waals surface area contributed by atoms with E-state index < -0.39 is 5.54 Å². The molecule has 0 aliphatic heterocycles. The fourth-order valence-corrected chi connectivity index (χ4v) is 2.40. The maximum absolute atomic E-state index is 8.62. The van der Waals surface area contributed by atoms with Gasteiger partial charge in [-0.3, -0.25) is 0 Å². The van der Waals surface area contributed by atoms with Gasteiger partial charge in [0.15, 0.2) is 0 Å². The number of rotatable bonds is 0. The minimum absolute atomic E-state index is 0.444. The van der Waals surface area contributed by atoms with Crippen molar-refractivity contribution in [3.05, 3.63) is 0 Å². The summed E-state index contributed by atoms with van der Waals surface area (Å²) < 4.78 is 0. The van der Waals surface area contributed by atoms with Crippen LogP contribution in [0.1, 0.15) is 32.1 Å². The van der Waals surface area contributed by atoms with E-state index in [4.69, 9.17) is 11.0 Å². The Balaban J connectivity index is 2.00. The van der Waals surface area contributed by atoms with Crippen molar-refractivity contribution in [2.75, 3.05) is 0 Å². The molecule has 2 nitrogen and oxygen atoms in total. The Hall–Kier alpha value is -0.550. The third kappa shape index (κ3) is 0.615. The van der Waals surface area contributed by atoms with Gasteiger partial charge in [0.25, 0.3) is 0 Å². The van der Waals surface area contributed by atoms with Crippen molar-refractivity contribution in [2.45, 2.75) is 37.6 Å². The Morgan fingerprint density at radius 2 is 1.90 bits per heavy atom. The summed E-state index contributed by atoms with van der Waals surface area (Å²) in [6.07, 6.45) is 5.88. The number of nitriles is 1. The summed E-state index contributed by atoms with van der Waals surface area (Å²) in [5.74, 6) is 0. The van der Waals surface area contributed by atoms with Gasteiger partial charge in [0, 0.05) is 0 Å². The van der Waals surface area contributed by atoms with E-state index in [0.717, 1.165) is 12.8 Å². The van der Waals surface area contributed by atoms with Crippen LogP contribution in [0.15, 0.2) is 0 Å². The molecule has 0 bridgehead atoms. The first kappa shape index (κ1) is 6.18. The number of hydrogen-bond donors (Lipinski definition) is 1. The molecule has 0 amide bonds. The molecule has 1 spiro atoms. The van der Waals surface area contributed by atoms with Crippen molar-refractivity contribution in [3.8, 4) is 6.07 Å². The Morgan fingerprint density at radius 1 is 1.30 bits per heavy atom. The lowest BCUT2D eigenvalue weighted by Gasteiger charge is -2.56. The zero-order valence-corrected chi connectivity index (χ0v) is 6.06. The van der Waals surface area contributed by atoms with Crippen molar-refractivity contribution in [2.24, 2.45) is 11.1 Å². The van der Waals surface area contributed by atoms with Gasteiger partial charge in [-0.25, -0.2) is 0 Å². The van der Waals surface area contributed by atoms with Crippen LogP contribution in [-0.4, -0.2) is 5.54 Å². The molecule has 10 heavy (non-hydrogen) atoms. The Kier molecular flexibility index (Phi) is 0.952. The third-order valence-corrected chi connectivity index (χ3v) is 3.02. The molecule has 0 aromatic rings. The first-order valence-corrected chi connectivity index (χ1v) is 3.88. The summed E-state index contributed by atoms with van der Waals surface area (Å²) in [6.45, 7) is 0. The second-order valence-corrected chi connectivity index (χ2v) is 3.98. The maximum atomic E-state index is 8.62. The third-order valence-electron chi connectivity index (χ3n) is 3.02.